The van der Waals surface area contributed by atoms with E-state index in [4.69, 9.17) is 18.9 Å². The molecule has 6 nitrogen and oxygen atoms in total. The van der Waals surface area contributed by atoms with Crippen LogP contribution in [-0.2, 0) is 6.42 Å². The van der Waals surface area contributed by atoms with E-state index in [-0.39, 0.29) is 6.79 Å². The molecule has 1 aliphatic rings. The van der Waals surface area contributed by atoms with Gasteiger partial charge in [-0.3, -0.25) is 0 Å². The molecule has 0 bridgehead atoms. The Kier molecular flexibility index (Phi) is 4.00. The Morgan fingerprint density at radius 3 is 2.78 bits per heavy atom. The molecule has 1 aromatic heterocycles. The quantitative estimate of drug-likeness (QED) is 0.854. The van der Waals surface area contributed by atoms with Crippen LogP contribution >= 0.6 is 0 Å². The summed E-state index contributed by atoms with van der Waals surface area (Å²) >= 11 is 0. The first-order valence-electron chi connectivity index (χ1n) is 7.23. The molecule has 0 saturated heterocycles. The third-order valence-electron chi connectivity index (χ3n) is 3.87. The van der Waals surface area contributed by atoms with Gasteiger partial charge in [0.15, 0.2) is 11.5 Å². The van der Waals surface area contributed by atoms with Crippen molar-refractivity contribution >= 4 is 10.9 Å². The topological polar surface area (TPSA) is 70.0 Å². The Labute approximate surface area is 134 Å². The highest BCUT2D eigenvalue weighted by Gasteiger charge is 2.25. The minimum absolute atomic E-state index is 0.164. The van der Waals surface area contributed by atoms with Crippen LogP contribution in [0.15, 0.2) is 24.3 Å². The zero-order valence-electron chi connectivity index (χ0n) is 13.4. The average molecular weight is 317 g/mol. The van der Waals surface area contributed by atoms with Gasteiger partial charge in [-0.05, 0) is 19.1 Å². The molecule has 6 heteroatoms. The van der Waals surface area contributed by atoms with Gasteiger partial charge in [0.25, 0.3) is 0 Å². The molecular formula is C17H19NO5. The van der Waals surface area contributed by atoms with Crippen molar-refractivity contribution in [2.75, 3.05) is 21.0 Å². The van der Waals surface area contributed by atoms with Gasteiger partial charge in [-0.15, -0.1) is 0 Å². The minimum Gasteiger partial charge on any atom is -0.496 e. The van der Waals surface area contributed by atoms with Crippen molar-refractivity contribution in [3.63, 3.8) is 0 Å². The maximum absolute atomic E-state index is 10.2. The van der Waals surface area contributed by atoms with Crippen molar-refractivity contribution < 1.29 is 24.1 Å². The van der Waals surface area contributed by atoms with E-state index in [0.29, 0.717) is 46.2 Å². The second kappa shape index (κ2) is 5.96. The summed E-state index contributed by atoms with van der Waals surface area (Å²) in [4.78, 5) is 4.54. The molecule has 1 atom stereocenters. The van der Waals surface area contributed by atoms with Gasteiger partial charge in [-0.25, -0.2) is 4.98 Å². The molecule has 23 heavy (non-hydrogen) atoms. The summed E-state index contributed by atoms with van der Waals surface area (Å²) in [6.45, 7) is 5.72. The molecule has 1 N–H and O–H groups in total. The number of pyridine rings is 1. The third kappa shape index (κ3) is 2.55. The lowest BCUT2D eigenvalue weighted by Gasteiger charge is -2.18. The van der Waals surface area contributed by atoms with Crippen molar-refractivity contribution in [2.24, 2.45) is 0 Å². The number of fused-ring (bicyclic) bond motifs is 3. The van der Waals surface area contributed by atoms with Gasteiger partial charge < -0.3 is 24.1 Å². The number of rotatable bonds is 5. The molecular weight excluding hydrogens is 298 g/mol. The third-order valence-corrected chi connectivity index (χ3v) is 3.87. The van der Waals surface area contributed by atoms with E-state index in [2.05, 4.69) is 11.6 Å². The number of hydrogen-bond donors (Lipinski definition) is 1. The predicted molar refractivity (Wildman–Crippen MR) is 85.5 cm³/mol. The Bertz CT molecular complexity index is 771. The fraction of sp³-hybridized carbons (Fsp3) is 0.353. The molecule has 0 amide bonds. The predicted octanol–water partition coefficient (Wildman–Crippen LogP) is 2.46. The van der Waals surface area contributed by atoms with Gasteiger partial charge in [0.2, 0.25) is 12.7 Å². The molecule has 2 heterocycles. The fourth-order valence-electron chi connectivity index (χ4n) is 2.63. The van der Waals surface area contributed by atoms with Gasteiger partial charge in [0.05, 0.1) is 25.9 Å². The molecule has 0 spiro atoms. The summed E-state index contributed by atoms with van der Waals surface area (Å²) in [5.74, 6) is 2.21. The highest BCUT2D eigenvalue weighted by atomic mass is 16.7. The van der Waals surface area contributed by atoms with E-state index in [1.807, 2.05) is 12.1 Å². The molecule has 122 valence electrons. The van der Waals surface area contributed by atoms with Crippen molar-refractivity contribution in [1.29, 1.82) is 0 Å². The summed E-state index contributed by atoms with van der Waals surface area (Å²) in [6, 6.07) is 3.69. The molecule has 0 aliphatic carbocycles. The molecule has 0 radical (unpaired) electrons. The van der Waals surface area contributed by atoms with Crippen LogP contribution in [-0.4, -0.2) is 37.2 Å². The molecule has 1 aromatic carbocycles. The van der Waals surface area contributed by atoms with Crippen LogP contribution in [0.2, 0.25) is 0 Å². The zero-order chi connectivity index (χ0) is 16.6. The van der Waals surface area contributed by atoms with Crippen LogP contribution in [0.5, 0.6) is 23.1 Å². The second-order valence-corrected chi connectivity index (χ2v) is 5.39. The highest BCUT2D eigenvalue weighted by Crippen LogP contribution is 2.44. The van der Waals surface area contributed by atoms with Crippen LogP contribution in [0.1, 0.15) is 12.5 Å². The van der Waals surface area contributed by atoms with E-state index >= 15 is 0 Å². The normalized spacial score (nSPS) is 13.9. The molecule has 0 fully saturated rings. The first-order valence-corrected chi connectivity index (χ1v) is 7.23. The lowest BCUT2D eigenvalue weighted by atomic mass is 10.0. The van der Waals surface area contributed by atoms with Crippen molar-refractivity contribution in [3.8, 4) is 23.1 Å². The standard InChI is InChI=1S/C17H19NO5/c1-9(2)12(19)7-11-15(20-3)10-5-6-13-16(23-8-22-13)14(10)18-17(11)21-4/h5-6,12,19H,1,7-8H2,2-4H3. The van der Waals surface area contributed by atoms with E-state index in [1.54, 1.807) is 14.0 Å². The highest BCUT2D eigenvalue weighted by molar-refractivity contribution is 5.94. The molecule has 1 unspecified atom stereocenters. The lowest BCUT2D eigenvalue weighted by Crippen LogP contribution is -2.13. The Morgan fingerprint density at radius 2 is 2.13 bits per heavy atom. The van der Waals surface area contributed by atoms with Gasteiger partial charge in [0.1, 0.15) is 11.3 Å². The van der Waals surface area contributed by atoms with Gasteiger partial charge in [0, 0.05) is 11.8 Å². The van der Waals surface area contributed by atoms with Gasteiger partial charge >= 0.3 is 0 Å². The van der Waals surface area contributed by atoms with Crippen LogP contribution in [0.25, 0.3) is 10.9 Å². The Morgan fingerprint density at radius 1 is 1.35 bits per heavy atom. The molecule has 2 aromatic rings. The van der Waals surface area contributed by atoms with E-state index in [1.165, 1.54) is 7.11 Å². The average Bonchev–Trinajstić information content (AvgIpc) is 3.02. The van der Waals surface area contributed by atoms with Crippen LogP contribution in [0.4, 0.5) is 0 Å². The van der Waals surface area contributed by atoms with Crippen LogP contribution in [0.3, 0.4) is 0 Å². The number of aliphatic hydroxyl groups is 1. The van der Waals surface area contributed by atoms with Crippen molar-refractivity contribution in [3.05, 3.63) is 29.8 Å². The monoisotopic (exact) mass is 317 g/mol. The molecule has 1 aliphatic heterocycles. The zero-order valence-corrected chi connectivity index (χ0v) is 13.4. The number of hydrogen-bond acceptors (Lipinski definition) is 6. The summed E-state index contributed by atoms with van der Waals surface area (Å²) in [7, 11) is 3.11. The van der Waals surface area contributed by atoms with Gasteiger partial charge in [-0.2, -0.15) is 0 Å². The Balaban J connectivity index is 2.23. The number of nitrogens with zero attached hydrogens (tertiary/aromatic N) is 1. The summed E-state index contributed by atoms with van der Waals surface area (Å²) in [5, 5.41) is 10.9. The van der Waals surface area contributed by atoms with Crippen molar-refractivity contribution in [1.82, 2.24) is 4.98 Å². The minimum atomic E-state index is -0.703. The number of ether oxygens (including phenoxy) is 4. The summed E-state index contributed by atoms with van der Waals surface area (Å²) in [5.41, 5.74) is 1.97. The first-order chi connectivity index (χ1) is 11.1. The number of benzene rings is 1. The maximum Gasteiger partial charge on any atom is 0.231 e. The molecule has 3 rings (SSSR count). The van der Waals surface area contributed by atoms with E-state index in [0.717, 1.165) is 5.39 Å². The second-order valence-electron chi connectivity index (χ2n) is 5.39. The van der Waals surface area contributed by atoms with Gasteiger partial charge in [-0.1, -0.05) is 12.2 Å². The first kappa shape index (κ1) is 15.4. The fourth-order valence-corrected chi connectivity index (χ4v) is 2.63. The molecule has 0 saturated carbocycles. The largest absolute Gasteiger partial charge is 0.496 e. The maximum atomic E-state index is 10.2. The number of methoxy groups -OCH3 is 2. The van der Waals surface area contributed by atoms with Crippen LogP contribution in [0, 0.1) is 0 Å². The summed E-state index contributed by atoms with van der Waals surface area (Å²) < 4.78 is 21.9. The summed E-state index contributed by atoms with van der Waals surface area (Å²) in [6.07, 6.45) is -0.398. The number of aliphatic hydroxyl groups excluding tert-OH is 1. The van der Waals surface area contributed by atoms with E-state index in [9.17, 15) is 5.11 Å². The Hall–Kier alpha value is -2.47. The SMILES string of the molecule is C=C(C)C(O)Cc1c(OC)nc2c3c(ccc2c1OC)OCO3. The lowest BCUT2D eigenvalue weighted by molar-refractivity contribution is 0.174. The number of aromatic nitrogens is 1. The smallest absolute Gasteiger partial charge is 0.231 e. The van der Waals surface area contributed by atoms with E-state index < -0.39 is 6.10 Å². The van der Waals surface area contributed by atoms with Crippen LogP contribution < -0.4 is 18.9 Å². The van der Waals surface area contributed by atoms with Crippen molar-refractivity contribution in [2.45, 2.75) is 19.4 Å².